The van der Waals surface area contributed by atoms with Crippen LogP contribution < -0.4 is 0 Å². The van der Waals surface area contributed by atoms with Crippen molar-refractivity contribution < 1.29 is 28.6 Å². The minimum absolute atomic E-state index is 0.00537. The number of aliphatic hydroxyl groups excluding tert-OH is 1. The summed E-state index contributed by atoms with van der Waals surface area (Å²) in [6.45, 7) is 4.68. The molecule has 2 rings (SSSR count). The summed E-state index contributed by atoms with van der Waals surface area (Å²) in [6.07, 6.45) is -0.906. The molecule has 0 radical (unpaired) electrons. The highest BCUT2D eigenvalue weighted by Gasteiger charge is 2.50. The average Bonchev–Trinajstić information content (AvgIpc) is 2.46. The average molecular weight is 341 g/mol. The number of hydrogen-bond donors (Lipinski definition) is 2. The van der Waals surface area contributed by atoms with Crippen molar-refractivity contribution >= 4 is 11.9 Å². The fourth-order valence-electron chi connectivity index (χ4n) is 3.15. The Morgan fingerprint density at radius 1 is 1.33 bits per heavy atom. The van der Waals surface area contributed by atoms with E-state index in [2.05, 4.69) is 0 Å². The SMILES string of the molecule is CCC(C(=O)O)N1C(=O)C(C)(C)[C@H](O)C[C@H]1c1cc(F)cc(F)c1. The first kappa shape index (κ1) is 18.3. The van der Waals surface area contributed by atoms with Crippen LogP contribution in [-0.4, -0.2) is 39.1 Å². The third-order valence-electron chi connectivity index (χ3n) is 4.68. The molecule has 0 saturated carbocycles. The number of nitrogens with zero attached hydrogens (tertiary/aromatic N) is 1. The summed E-state index contributed by atoms with van der Waals surface area (Å²) in [4.78, 5) is 25.5. The van der Waals surface area contributed by atoms with Gasteiger partial charge in [-0.05, 0) is 44.4 Å². The van der Waals surface area contributed by atoms with Crippen molar-refractivity contribution in [2.45, 2.75) is 51.8 Å². The maximum atomic E-state index is 13.6. The second-order valence-electron chi connectivity index (χ2n) is 6.67. The first-order chi connectivity index (χ1) is 11.1. The number of rotatable bonds is 4. The highest BCUT2D eigenvalue weighted by atomic mass is 19.1. The predicted molar refractivity (Wildman–Crippen MR) is 82.1 cm³/mol. The maximum absolute atomic E-state index is 13.6. The highest BCUT2D eigenvalue weighted by Crippen LogP contribution is 2.42. The van der Waals surface area contributed by atoms with E-state index >= 15 is 0 Å². The summed E-state index contributed by atoms with van der Waals surface area (Å²) in [5.41, 5.74) is -1.04. The van der Waals surface area contributed by atoms with Crippen LogP contribution in [0.4, 0.5) is 8.78 Å². The van der Waals surface area contributed by atoms with Gasteiger partial charge in [-0.15, -0.1) is 0 Å². The van der Waals surface area contributed by atoms with Crippen molar-refractivity contribution in [3.63, 3.8) is 0 Å². The number of benzene rings is 1. The molecule has 0 aromatic heterocycles. The Morgan fingerprint density at radius 2 is 1.88 bits per heavy atom. The number of carbonyl (C=O) groups is 2. The van der Waals surface area contributed by atoms with Gasteiger partial charge in [-0.1, -0.05) is 6.92 Å². The lowest BCUT2D eigenvalue weighted by atomic mass is 9.75. The lowest BCUT2D eigenvalue weighted by Gasteiger charge is -2.48. The summed E-state index contributed by atoms with van der Waals surface area (Å²) < 4.78 is 27.2. The van der Waals surface area contributed by atoms with Crippen LogP contribution in [0.5, 0.6) is 0 Å². The van der Waals surface area contributed by atoms with Crippen molar-refractivity contribution in [1.82, 2.24) is 4.90 Å². The van der Waals surface area contributed by atoms with E-state index in [4.69, 9.17) is 0 Å². The van der Waals surface area contributed by atoms with E-state index < -0.39 is 47.1 Å². The van der Waals surface area contributed by atoms with Gasteiger partial charge in [0.1, 0.15) is 17.7 Å². The molecule has 2 N–H and O–H groups in total. The van der Waals surface area contributed by atoms with E-state index in [-0.39, 0.29) is 18.4 Å². The molecule has 3 atom stereocenters. The minimum atomic E-state index is -1.19. The zero-order chi connectivity index (χ0) is 18.2. The smallest absolute Gasteiger partial charge is 0.326 e. The number of aliphatic carboxylic acids is 1. The zero-order valence-electron chi connectivity index (χ0n) is 13.8. The fourth-order valence-corrected chi connectivity index (χ4v) is 3.15. The first-order valence-electron chi connectivity index (χ1n) is 7.79. The van der Waals surface area contributed by atoms with Crippen LogP contribution in [0.15, 0.2) is 18.2 Å². The molecule has 0 bridgehead atoms. The number of hydrogen-bond acceptors (Lipinski definition) is 3. The van der Waals surface area contributed by atoms with Crippen LogP contribution >= 0.6 is 0 Å². The van der Waals surface area contributed by atoms with Gasteiger partial charge in [-0.25, -0.2) is 13.6 Å². The topological polar surface area (TPSA) is 77.8 Å². The second kappa shape index (κ2) is 6.47. The van der Waals surface area contributed by atoms with E-state index in [9.17, 15) is 28.6 Å². The van der Waals surface area contributed by atoms with Gasteiger partial charge >= 0.3 is 5.97 Å². The molecular formula is C17H21F2NO4. The molecule has 1 fully saturated rings. The van der Waals surface area contributed by atoms with Gasteiger partial charge in [0.05, 0.1) is 17.6 Å². The molecule has 1 amide bonds. The standard InChI is InChI=1S/C17H21F2NO4/c1-4-12(15(22)23)20-13(8-14(21)17(2,3)16(20)24)9-5-10(18)7-11(19)6-9/h5-7,12-14,21H,4,8H2,1-3H3,(H,22,23)/t12?,13-,14+/m0/s1. The zero-order valence-corrected chi connectivity index (χ0v) is 13.8. The van der Waals surface area contributed by atoms with Crippen molar-refractivity contribution in [3.05, 3.63) is 35.4 Å². The molecule has 1 aromatic rings. The molecule has 24 heavy (non-hydrogen) atoms. The van der Waals surface area contributed by atoms with Gasteiger partial charge in [0, 0.05) is 6.07 Å². The van der Waals surface area contributed by atoms with Crippen LogP contribution in [0, 0.1) is 17.0 Å². The van der Waals surface area contributed by atoms with E-state index in [1.807, 2.05) is 0 Å². The Balaban J connectivity index is 2.57. The van der Waals surface area contributed by atoms with Crippen molar-refractivity contribution in [1.29, 1.82) is 0 Å². The molecule has 1 heterocycles. The molecule has 1 saturated heterocycles. The third-order valence-corrected chi connectivity index (χ3v) is 4.68. The van der Waals surface area contributed by atoms with Crippen LogP contribution in [0.2, 0.25) is 0 Å². The van der Waals surface area contributed by atoms with E-state index in [1.54, 1.807) is 6.92 Å². The number of halogens is 2. The Morgan fingerprint density at radius 3 is 2.33 bits per heavy atom. The van der Waals surface area contributed by atoms with Crippen LogP contribution in [-0.2, 0) is 9.59 Å². The highest BCUT2D eigenvalue weighted by molar-refractivity contribution is 5.88. The maximum Gasteiger partial charge on any atom is 0.326 e. The Labute approximate surface area is 138 Å². The van der Waals surface area contributed by atoms with Gasteiger partial charge in [0.15, 0.2) is 0 Å². The largest absolute Gasteiger partial charge is 0.480 e. The Bertz CT molecular complexity index is 642. The van der Waals surface area contributed by atoms with E-state index in [0.717, 1.165) is 17.0 Å². The Kier molecular flexibility index (Phi) is 4.94. The van der Waals surface area contributed by atoms with Gasteiger partial charge in [-0.3, -0.25) is 4.79 Å². The Hall–Kier alpha value is -2.02. The lowest BCUT2D eigenvalue weighted by Crippen LogP contribution is -2.59. The van der Waals surface area contributed by atoms with Crippen molar-refractivity contribution in [2.75, 3.05) is 0 Å². The quantitative estimate of drug-likeness (QED) is 0.882. The van der Waals surface area contributed by atoms with Gasteiger partial charge in [-0.2, -0.15) is 0 Å². The van der Waals surface area contributed by atoms with Crippen LogP contribution in [0.1, 0.15) is 45.2 Å². The molecular weight excluding hydrogens is 320 g/mol. The monoisotopic (exact) mass is 341 g/mol. The molecule has 1 aliphatic heterocycles. The number of amides is 1. The van der Waals surface area contributed by atoms with Gasteiger partial charge in [0.25, 0.3) is 0 Å². The number of likely N-dealkylation sites (tertiary alicyclic amines) is 1. The number of aliphatic hydroxyl groups is 1. The number of piperidine rings is 1. The molecule has 0 spiro atoms. The van der Waals surface area contributed by atoms with Crippen LogP contribution in [0.25, 0.3) is 0 Å². The minimum Gasteiger partial charge on any atom is -0.480 e. The summed E-state index contributed by atoms with van der Waals surface area (Å²) in [6, 6.07) is 0.779. The molecule has 1 aliphatic rings. The first-order valence-corrected chi connectivity index (χ1v) is 7.79. The predicted octanol–water partition coefficient (Wildman–Crippen LogP) is 2.49. The van der Waals surface area contributed by atoms with Crippen molar-refractivity contribution in [3.8, 4) is 0 Å². The summed E-state index contributed by atoms with van der Waals surface area (Å²) in [5.74, 6) is -3.38. The normalized spacial score (nSPS) is 24.8. The number of carbonyl (C=O) groups excluding carboxylic acids is 1. The fraction of sp³-hybridized carbons (Fsp3) is 0.529. The molecule has 1 unspecified atom stereocenters. The summed E-state index contributed by atoms with van der Waals surface area (Å²) >= 11 is 0. The summed E-state index contributed by atoms with van der Waals surface area (Å²) in [5, 5.41) is 19.8. The van der Waals surface area contributed by atoms with E-state index in [1.165, 1.54) is 13.8 Å². The molecule has 7 heteroatoms. The molecule has 0 aliphatic carbocycles. The van der Waals surface area contributed by atoms with Crippen LogP contribution in [0.3, 0.4) is 0 Å². The van der Waals surface area contributed by atoms with Crippen molar-refractivity contribution in [2.24, 2.45) is 5.41 Å². The number of carboxylic acid groups (broad SMARTS) is 1. The van der Waals surface area contributed by atoms with Gasteiger partial charge in [0.2, 0.25) is 5.91 Å². The third kappa shape index (κ3) is 3.13. The molecule has 1 aromatic carbocycles. The number of carboxylic acids is 1. The van der Waals surface area contributed by atoms with Gasteiger partial charge < -0.3 is 15.1 Å². The molecule has 132 valence electrons. The second-order valence-corrected chi connectivity index (χ2v) is 6.67. The summed E-state index contributed by atoms with van der Waals surface area (Å²) in [7, 11) is 0. The lowest BCUT2D eigenvalue weighted by molar-refractivity contribution is -0.170. The molecule has 5 nitrogen and oxygen atoms in total. The van der Waals surface area contributed by atoms with E-state index in [0.29, 0.717) is 6.07 Å².